The number of carbonyl (C=O) groups excluding carboxylic acids is 1. The van der Waals surface area contributed by atoms with Crippen molar-refractivity contribution in [3.63, 3.8) is 0 Å². The third kappa shape index (κ3) is 4.59. The quantitative estimate of drug-likeness (QED) is 0.662. The number of carbonyl (C=O) groups is 1. The van der Waals surface area contributed by atoms with Gasteiger partial charge in [0.2, 0.25) is 15.9 Å². The van der Waals surface area contributed by atoms with Crippen LogP contribution in [0.3, 0.4) is 0 Å². The molecule has 0 aliphatic heterocycles. The van der Waals surface area contributed by atoms with Crippen molar-refractivity contribution in [1.29, 1.82) is 0 Å². The second-order valence-corrected chi connectivity index (χ2v) is 7.57. The van der Waals surface area contributed by atoms with Crippen molar-refractivity contribution in [1.82, 2.24) is 4.72 Å². The average molecular weight is 402 g/mol. The topological polar surface area (TPSA) is 75.3 Å². The molecule has 0 radical (unpaired) electrons. The van der Waals surface area contributed by atoms with Crippen LogP contribution in [-0.4, -0.2) is 20.9 Å². The largest absolute Gasteiger partial charge is 0.325 e. The normalized spacial score (nSPS) is 11.2. The maximum Gasteiger partial charge on any atom is 0.246 e. The molecule has 0 aliphatic rings. The third-order valence-corrected chi connectivity index (χ3v) is 5.34. The highest BCUT2D eigenvalue weighted by Gasteiger charge is 2.24. The van der Waals surface area contributed by atoms with E-state index in [0.29, 0.717) is 5.69 Å². The van der Waals surface area contributed by atoms with Crippen LogP contribution in [0.25, 0.3) is 11.1 Å². The van der Waals surface area contributed by atoms with Crippen molar-refractivity contribution in [2.45, 2.75) is 4.90 Å². The van der Waals surface area contributed by atoms with E-state index in [2.05, 4.69) is 5.32 Å². The number of nitrogens with one attached hydrogen (secondary N) is 2. The molecule has 3 aromatic rings. The number of halogens is 2. The lowest BCUT2D eigenvalue weighted by Crippen LogP contribution is -2.33. The molecule has 0 saturated carbocycles. The van der Waals surface area contributed by atoms with E-state index in [0.717, 1.165) is 29.3 Å². The van der Waals surface area contributed by atoms with Crippen LogP contribution in [0.4, 0.5) is 14.5 Å². The van der Waals surface area contributed by atoms with Crippen LogP contribution >= 0.6 is 0 Å². The molecular formula is C20H16F2N2O3S. The number of rotatable bonds is 6. The van der Waals surface area contributed by atoms with Gasteiger partial charge in [-0.25, -0.2) is 21.9 Å². The van der Waals surface area contributed by atoms with E-state index < -0.39 is 39.0 Å². The highest BCUT2D eigenvalue weighted by molar-refractivity contribution is 7.89. The first kappa shape index (κ1) is 19.7. The van der Waals surface area contributed by atoms with Crippen LogP contribution in [0.1, 0.15) is 0 Å². The highest BCUT2D eigenvalue weighted by Crippen LogP contribution is 2.21. The fraction of sp³-hybridized carbons (Fsp3) is 0.0500. The van der Waals surface area contributed by atoms with Gasteiger partial charge in [0.15, 0.2) is 4.90 Å². The summed E-state index contributed by atoms with van der Waals surface area (Å²) in [7, 11) is -4.51. The second kappa shape index (κ2) is 8.28. The number of benzene rings is 3. The standard InChI is InChI=1S/C20H16F2N2O3S/c21-17-7-4-8-18(22)20(17)28(26,27)23-13-19(25)24-16-11-9-15(10-12-16)14-5-2-1-3-6-14/h1-12,23H,13H2,(H,24,25). The Morgan fingerprint density at radius 1 is 0.786 bits per heavy atom. The molecule has 144 valence electrons. The zero-order valence-electron chi connectivity index (χ0n) is 14.5. The van der Waals surface area contributed by atoms with Crippen molar-refractivity contribution in [2.24, 2.45) is 0 Å². The minimum atomic E-state index is -4.51. The van der Waals surface area contributed by atoms with Gasteiger partial charge in [0, 0.05) is 5.69 Å². The summed E-state index contributed by atoms with van der Waals surface area (Å²) in [5.41, 5.74) is 2.43. The molecule has 3 rings (SSSR count). The average Bonchev–Trinajstić information content (AvgIpc) is 2.67. The predicted octanol–water partition coefficient (Wildman–Crippen LogP) is 3.55. The molecular weight excluding hydrogens is 386 g/mol. The van der Waals surface area contributed by atoms with Gasteiger partial charge in [-0.2, -0.15) is 0 Å². The van der Waals surface area contributed by atoms with Crippen LogP contribution < -0.4 is 10.0 Å². The Bertz CT molecular complexity index is 1070. The summed E-state index contributed by atoms with van der Waals surface area (Å²) in [4.78, 5) is 10.9. The van der Waals surface area contributed by atoms with Gasteiger partial charge in [0.05, 0.1) is 6.54 Å². The van der Waals surface area contributed by atoms with E-state index >= 15 is 0 Å². The Morgan fingerprint density at radius 2 is 1.36 bits per heavy atom. The molecule has 0 aliphatic carbocycles. The Labute approximate surface area is 161 Å². The lowest BCUT2D eigenvalue weighted by Gasteiger charge is -2.10. The fourth-order valence-electron chi connectivity index (χ4n) is 2.55. The zero-order chi connectivity index (χ0) is 20.1. The molecule has 5 nitrogen and oxygen atoms in total. The highest BCUT2D eigenvalue weighted by atomic mass is 32.2. The summed E-state index contributed by atoms with van der Waals surface area (Å²) in [5, 5.41) is 2.52. The molecule has 8 heteroatoms. The van der Waals surface area contributed by atoms with Crippen LogP contribution in [0.15, 0.2) is 77.7 Å². The molecule has 0 bridgehead atoms. The van der Waals surface area contributed by atoms with Crippen molar-refractivity contribution in [3.8, 4) is 11.1 Å². The number of hydrogen-bond acceptors (Lipinski definition) is 3. The predicted molar refractivity (Wildman–Crippen MR) is 102 cm³/mol. The second-order valence-electron chi connectivity index (χ2n) is 5.87. The van der Waals surface area contributed by atoms with Gasteiger partial charge in [-0.1, -0.05) is 48.5 Å². The van der Waals surface area contributed by atoms with Gasteiger partial charge in [-0.05, 0) is 35.4 Å². The molecule has 1 amide bonds. The molecule has 28 heavy (non-hydrogen) atoms. The minimum absolute atomic E-state index is 0.459. The Kier molecular flexibility index (Phi) is 5.81. The molecule has 0 spiro atoms. The zero-order valence-corrected chi connectivity index (χ0v) is 15.3. The first-order valence-electron chi connectivity index (χ1n) is 8.26. The van der Waals surface area contributed by atoms with E-state index in [9.17, 15) is 22.0 Å². The fourth-order valence-corrected chi connectivity index (χ4v) is 3.67. The smallest absolute Gasteiger partial charge is 0.246 e. The van der Waals surface area contributed by atoms with E-state index in [1.54, 1.807) is 12.1 Å². The van der Waals surface area contributed by atoms with Crippen molar-refractivity contribution >= 4 is 21.6 Å². The molecule has 0 fully saturated rings. The summed E-state index contributed by atoms with van der Waals surface area (Å²) < 4.78 is 53.3. The van der Waals surface area contributed by atoms with Crippen molar-refractivity contribution in [2.75, 3.05) is 11.9 Å². The molecule has 0 saturated heterocycles. The van der Waals surface area contributed by atoms with E-state index in [-0.39, 0.29) is 0 Å². The first-order chi connectivity index (χ1) is 13.4. The SMILES string of the molecule is O=C(CNS(=O)(=O)c1c(F)cccc1F)Nc1ccc(-c2ccccc2)cc1. The maximum atomic E-state index is 13.6. The van der Waals surface area contributed by atoms with E-state index in [4.69, 9.17) is 0 Å². The number of sulfonamides is 1. The number of hydrogen-bond donors (Lipinski definition) is 2. The van der Waals surface area contributed by atoms with Gasteiger partial charge in [-0.15, -0.1) is 0 Å². The van der Waals surface area contributed by atoms with Gasteiger partial charge < -0.3 is 5.32 Å². The van der Waals surface area contributed by atoms with Crippen LogP contribution in [0, 0.1) is 11.6 Å². The first-order valence-corrected chi connectivity index (χ1v) is 9.74. The molecule has 0 unspecified atom stereocenters. The van der Waals surface area contributed by atoms with Crippen LogP contribution in [0.2, 0.25) is 0 Å². The van der Waals surface area contributed by atoms with Crippen LogP contribution in [0.5, 0.6) is 0 Å². The van der Waals surface area contributed by atoms with Gasteiger partial charge in [-0.3, -0.25) is 4.79 Å². The Morgan fingerprint density at radius 3 is 1.96 bits per heavy atom. The van der Waals surface area contributed by atoms with E-state index in [1.807, 2.05) is 47.2 Å². The summed E-state index contributed by atoms with van der Waals surface area (Å²) in [6.45, 7) is -0.670. The Balaban J connectivity index is 1.63. The van der Waals surface area contributed by atoms with Crippen molar-refractivity contribution < 1.29 is 22.0 Å². The summed E-state index contributed by atoms with van der Waals surface area (Å²) in [6.07, 6.45) is 0. The molecule has 0 heterocycles. The van der Waals surface area contributed by atoms with Gasteiger partial charge in [0.1, 0.15) is 11.6 Å². The molecule has 2 N–H and O–H groups in total. The van der Waals surface area contributed by atoms with Gasteiger partial charge in [0.25, 0.3) is 0 Å². The van der Waals surface area contributed by atoms with Gasteiger partial charge >= 0.3 is 0 Å². The minimum Gasteiger partial charge on any atom is -0.325 e. The monoisotopic (exact) mass is 402 g/mol. The molecule has 0 aromatic heterocycles. The molecule has 3 aromatic carbocycles. The third-order valence-electron chi connectivity index (χ3n) is 3.89. The summed E-state index contributed by atoms with van der Waals surface area (Å²) in [6, 6.07) is 19.3. The summed E-state index contributed by atoms with van der Waals surface area (Å²) >= 11 is 0. The molecule has 0 atom stereocenters. The lowest BCUT2D eigenvalue weighted by atomic mass is 10.1. The number of anilines is 1. The summed E-state index contributed by atoms with van der Waals surface area (Å²) in [5.74, 6) is -3.14. The Hall–Kier alpha value is -3.10. The number of amides is 1. The van der Waals surface area contributed by atoms with Crippen molar-refractivity contribution in [3.05, 3.63) is 84.4 Å². The van der Waals surface area contributed by atoms with E-state index in [1.165, 1.54) is 0 Å². The lowest BCUT2D eigenvalue weighted by molar-refractivity contribution is -0.115. The maximum absolute atomic E-state index is 13.6. The van der Waals surface area contributed by atoms with Crippen LogP contribution in [-0.2, 0) is 14.8 Å².